The van der Waals surface area contributed by atoms with Crippen LogP contribution in [0.5, 0.6) is 0 Å². The predicted molar refractivity (Wildman–Crippen MR) is 62.8 cm³/mol. The Morgan fingerprint density at radius 3 is 2.69 bits per heavy atom. The standard InChI is InChI=1S/C10H17N3O2S/c1-11-10(4-3-7-16(2,14)15)9-5-6-12-13-8-9/h5-6,8,10-11H,3-4,7H2,1-2H3. The summed E-state index contributed by atoms with van der Waals surface area (Å²) in [5, 5.41) is 10.7. The van der Waals surface area contributed by atoms with Gasteiger partial charge in [-0.1, -0.05) is 0 Å². The lowest BCUT2D eigenvalue weighted by atomic mass is 10.1. The van der Waals surface area contributed by atoms with Gasteiger partial charge in [-0.05, 0) is 31.5 Å². The van der Waals surface area contributed by atoms with E-state index in [9.17, 15) is 8.42 Å². The summed E-state index contributed by atoms with van der Waals surface area (Å²) in [6.45, 7) is 0. The monoisotopic (exact) mass is 243 g/mol. The quantitative estimate of drug-likeness (QED) is 0.790. The third-order valence-corrected chi connectivity index (χ3v) is 3.40. The van der Waals surface area contributed by atoms with Crippen LogP contribution in [-0.2, 0) is 9.84 Å². The van der Waals surface area contributed by atoms with E-state index in [1.165, 1.54) is 6.26 Å². The van der Waals surface area contributed by atoms with Gasteiger partial charge in [-0.3, -0.25) is 0 Å². The molecule has 90 valence electrons. The Hall–Kier alpha value is -1.01. The molecule has 16 heavy (non-hydrogen) atoms. The predicted octanol–water partition coefficient (Wildman–Crippen LogP) is 0.562. The summed E-state index contributed by atoms with van der Waals surface area (Å²) in [5.74, 6) is 0.226. The Balaban J connectivity index is 2.51. The van der Waals surface area contributed by atoms with Crippen molar-refractivity contribution in [3.05, 3.63) is 24.0 Å². The van der Waals surface area contributed by atoms with Crippen LogP contribution in [0.25, 0.3) is 0 Å². The lowest BCUT2D eigenvalue weighted by molar-refractivity contribution is 0.533. The molecule has 0 saturated carbocycles. The van der Waals surface area contributed by atoms with Gasteiger partial charge in [-0.25, -0.2) is 8.42 Å². The van der Waals surface area contributed by atoms with E-state index in [-0.39, 0.29) is 11.8 Å². The minimum absolute atomic E-state index is 0.136. The Bertz CT molecular complexity index is 405. The fourth-order valence-electron chi connectivity index (χ4n) is 1.53. The van der Waals surface area contributed by atoms with Crippen LogP contribution in [0.3, 0.4) is 0 Å². The van der Waals surface area contributed by atoms with E-state index in [1.54, 1.807) is 12.4 Å². The van der Waals surface area contributed by atoms with Gasteiger partial charge in [-0.15, -0.1) is 0 Å². The zero-order valence-corrected chi connectivity index (χ0v) is 10.4. The van der Waals surface area contributed by atoms with Crippen molar-refractivity contribution < 1.29 is 8.42 Å². The molecular formula is C10H17N3O2S. The average Bonchev–Trinajstić information content (AvgIpc) is 2.24. The molecule has 1 rings (SSSR count). The Morgan fingerprint density at radius 2 is 2.19 bits per heavy atom. The highest BCUT2D eigenvalue weighted by atomic mass is 32.2. The molecule has 1 aromatic heterocycles. The molecule has 1 N–H and O–H groups in total. The van der Waals surface area contributed by atoms with E-state index in [4.69, 9.17) is 0 Å². The molecule has 0 aliphatic rings. The minimum atomic E-state index is -2.87. The molecule has 0 aliphatic carbocycles. The van der Waals surface area contributed by atoms with Crippen molar-refractivity contribution >= 4 is 9.84 Å². The second-order valence-corrected chi connectivity index (χ2v) is 6.05. The average molecular weight is 243 g/mol. The highest BCUT2D eigenvalue weighted by Gasteiger charge is 2.10. The number of sulfone groups is 1. The smallest absolute Gasteiger partial charge is 0.147 e. The van der Waals surface area contributed by atoms with Crippen LogP contribution in [0.2, 0.25) is 0 Å². The number of aromatic nitrogens is 2. The summed E-state index contributed by atoms with van der Waals surface area (Å²) >= 11 is 0. The number of nitrogens with zero attached hydrogens (tertiary/aromatic N) is 2. The zero-order valence-electron chi connectivity index (χ0n) is 9.55. The lowest BCUT2D eigenvalue weighted by Gasteiger charge is -2.15. The van der Waals surface area contributed by atoms with Crippen LogP contribution < -0.4 is 5.32 Å². The van der Waals surface area contributed by atoms with Crippen molar-refractivity contribution in [1.82, 2.24) is 15.5 Å². The van der Waals surface area contributed by atoms with Gasteiger partial charge in [-0.2, -0.15) is 10.2 Å². The summed E-state index contributed by atoms with van der Waals surface area (Å²) in [4.78, 5) is 0. The summed E-state index contributed by atoms with van der Waals surface area (Å²) in [7, 11) is -1.01. The highest BCUT2D eigenvalue weighted by Crippen LogP contribution is 2.16. The first-order valence-corrected chi connectivity index (χ1v) is 7.20. The maximum absolute atomic E-state index is 11.0. The number of hydrogen-bond acceptors (Lipinski definition) is 5. The summed E-state index contributed by atoms with van der Waals surface area (Å²) in [6, 6.07) is 2.02. The van der Waals surface area contributed by atoms with Crippen LogP contribution in [0, 0.1) is 0 Å². The lowest BCUT2D eigenvalue weighted by Crippen LogP contribution is -2.18. The van der Waals surface area contributed by atoms with Crippen molar-refractivity contribution in [3.63, 3.8) is 0 Å². The van der Waals surface area contributed by atoms with Gasteiger partial charge >= 0.3 is 0 Å². The van der Waals surface area contributed by atoms with Gasteiger partial charge in [0.05, 0.1) is 6.20 Å². The fraction of sp³-hybridized carbons (Fsp3) is 0.600. The van der Waals surface area contributed by atoms with Gasteiger partial charge in [0.2, 0.25) is 0 Å². The maximum atomic E-state index is 11.0. The van der Waals surface area contributed by atoms with E-state index in [0.717, 1.165) is 12.0 Å². The molecule has 0 bridgehead atoms. The summed E-state index contributed by atoms with van der Waals surface area (Å²) in [6.07, 6.45) is 6.01. The molecule has 1 heterocycles. The third-order valence-electron chi connectivity index (χ3n) is 2.37. The van der Waals surface area contributed by atoms with Crippen LogP contribution in [0.1, 0.15) is 24.4 Å². The van der Waals surface area contributed by atoms with Gasteiger partial charge in [0.15, 0.2) is 0 Å². The van der Waals surface area contributed by atoms with E-state index in [0.29, 0.717) is 6.42 Å². The van der Waals surface area contributed by atoms with Crippen molar-refractivity contribution in [2.24, 2.45) is 0 Å². The SMILES string of the molecule is CNC(CCCS(C)(=O)=O)c1ccnnc1. The largest absolute Gasteiger partial charge is 0.313 e. The molecule has 1 atom stereocenters. The number of hydrogen-bond donors (Lipinski definition) is 1. The van der Waals surface area contributed by atoms with Gasteiger partial charge in [0.1, 0.15) is 9.84 Å². The fourth-order valence-corrected chi connectivity index (χ4v) is 2.23. The molecule has 5 nitrogen and oxygen atoms in total. The first-order valence-electron chi connectivity index (χ1n) is 5.14. The zero-order chi connectivity index (χ0) is 12.0. The maximum Gasteiger partial charge on any atom is 0.147 e. The Kier molecular flexibility index (Phi) is 4.82. The molecule has 0 amide bonds. The first kappa shape index (κ1) is 13.1. The summed E-state index contributed by atoms with van der Waals surface area (Å²) in [5.41, 5.74) is 1.03. The Morgan fingerprint density at radius 1 is 1.44 bits per heavy atom. The van der Waals surface area contributed by atoms with E-state index in [1.807, 2.05) is 13.1 Å². The van der Waals surface area contributed by atoms with E-state index < -0.39 is 9.84 Å². The molecule has 0 aliphatic heterocycles. The van der Waals surface area contributed by atoms with Gasteiger partial charge in [0, 0.05) is 24.2 Å². The minimum Gasteiger partial charge on any atom is -0.313 e. The molecule has 6 heteroatoms. The molecule has 0 saturated heterocycles. The highest BCUT2D eigenvalue weighted by molar-refractivity contribution is 7.90. The topological polar surface area (TPSA) is 72.0 Å². The molecule has 0 radical (unpaired) electrons. The van der Waals surface area contributed by atoms with Crippen molar-refractivity contribution in [2.45, 2.75) is 18.9 Å². The van der Waals surface area contributed by atoms with E-state index in [2.05, 4.69) is 15.5 Å². The van der Waals surface area contributed by atoms with Crippen LogP contribution in [-0.4, -0.2) is 37.7 Å². The molecule has 0 aromatic carbocycles. The second-order valence-electron chi connectivity index (χ2n) is 3.79. The molecule has 0 fully saturated rings. The normalized spacial score (nSPS) is 13.6. The summed E-state index contributed by atoms with van der Waals surface area (Å²) < 4.78 is 22.0. The van der Waals surface area contributed by atoms with Crippen LogP contribution >= 0.6 is 0 Å². The third kappa shape index (κ3) is 4.67. The van der Waals surface area contributed by atoms with Crippen molar-refractivity contribution in [2.75, 3.05) is 19.1 Å². The Labute approximate surface area is 96.2 Å². The van der Waals surface area contributed by atoms with Gasteiger partial charge < -0.3 is 5.32 Å². The number of rotatable bonds is 6. The molecular weight excluding hydrogens is 226 g/mol. The van der Waals surface area contributed by atoms with E-state index >= 15 is 0 Å². The molecule has 1 aromatic rings. The van der Waals surface area contributed by atoms with Crippen molar-refractivity contribution in [3.8, 4) is 0 Å². The van der Waals surface area contributed by atoms with Gasteiger partial charge in [0.25, 0.3) is 0 Å². The first-order chi connectivity index (χ1) is 7.53. The molecule has 1 unspecified atom stereocenters. The van der Waals surface area contributed by atoms with Crippen LogP contribution in [0.15, 0.2) is 18.5 Å². The molecule has 0 spiro atoms. The van der Waals surface area contributed by atoms with Crippen molar-refractivity contribution in [1.29, 1.82) is 0 Å². The second kappa shape index (κ2) is 5.91. The number of nitrogens with one attached hydrogen (secondary N) is 1. The van der Waals surface area contributed by atoms with Crippen LogP contribution in [0.4, 0.5) is 0 Å².